The predicted molar refractivity (Wildman–Crippen MR) is 97.1 cm³/mol. The summed E-state index contributed by atoms with van der Waals surface area (Å²) in [6.07, 6.45) is 2.49. The van der Waals surface area contributed by atoms with Crippen LogP contribution in [-0.2, 0) is 16.1 Å². The molecule has 0 radical (unpaired) electrons. The van der Waals surface area contributed by atoms with Crippen molar-refractivity contribution in [1.82, 2.24) is 4.57 Å². The molecule has 1 aliphatic rings. The number of benzene rings is 1. The molecule has 0 amide bonds. The largest absolute Gasteiger partial charge is 0.462 e. The maximum absolute atomic E-state index is 12.9. The normalized spacial score (nSPS) is 17.0. The molecule has 1 aromatic carbocycles. The Kier molecular flexibility index (Phi) is 5.28. The number of carbonyl (C=O) groups excluding carboxylic acids is 2. The molecule has 1 atom stereocenters. The Morgan fingerprint density at radius 1 is 1.12 bits per heavy atom. The molecule has 0 bridgehead atoms. The van der Waals surface area contributed by atoms with Gasteiger partial charge in [0, 0.05) is 22.8 Å². The van der Waals surface area contributed by atoms with Crippen molar-refractivity contribution in [3.05, 3.63) is 58.4 Å². The Balaban J connectivity index is 1.94. The summed E-state index contributed by atoms with van der Waals surface area (Å²) in [5, 5.41) is 0.599. The minimum atomic E-state index is -0.309. The van der Waals surface area contributed by atoms with Crippen LogP contribution >= 0.6 is 11.6 Å². The molecule has 3 rings (SSSR count). The number of esters is 1. The average molecular weight is 360 g/mol. The minimum Gasteiger partial charge on any atom is -0.462 e. The topological polar surface area (TPSA) is 48.3 Å². The molecule has 4 nitrogen and oxygen atoms in total. The van der Waals surface area contributed by atoms with Crippen molar-refractivity contribution in [1.29, 1.82) is 0 Å². The van der Waals surface area contributed by atoms with Crippen LogP contribution in [0.4, 0.5) is 0 Å². The number of ketones is 1. The Morgan fingerprint density at radius 2 is 1.84 bits per heavy atom. The molecule has 0 fully saturated rings. The fraction of sp³-hybridized carbons (Fsp3) is 0.400. The summed E-state index contributed by atoms with van der Waals surface area (Å²) in [4.78, 5) is 25.4. The van der Waals surface area contributed by atoms with Gasteiger partial charge in [0.2, 0.25) is 5.78 Å². The van der Waals surface area contributed by atoms with Gasteiger partial charge in [-0.25, -0.2) is 0 Å². The number of aromatic nitrogens is 1. The molecular formula is C20H22ClNO3. The maximum atomic E-state index is 12.9. The van der Waals surface area contributed by atoms with Crippen molar-refractivity contribution in [3.63, 3.8) is 0 Å². The van der Waals surface area contributed by atoms with Crippen molar-refractivity contribution < 1.29 is 14.3 Å². The van der Waals surface area contributed by atoms with Crippen LogP contribution in [0.3, 0.4) is 0 Å². The van der Waals surface area contributed by atoms with E-state index in [0.717, 1.165) is 31.5 Å². The van der Waals surface area contributed by atoms with Gasteiger partial charge in [-0.15, -0.1) is 0 Å². The first-order chi connectivity index (χ1) is 12.0. The first-order valence-electron chi connectivity index (χ1n) is 8.67. The Hall–Kier alpha value is -2.07. The second-order valence-electron chi connectivity index (χ2n) is 6.67. The molecule has 5 heteroatoms. The standard InChI is InChI=1S/C20H22ClNO3/c1-13(2)25-20(24)16-5-3-4-12-22-17(16)10-11-18(22)19(23)14-6-8-15(21)9-7-14/h6-11,13,16H,3-5,12H2,1-2H3. The van der Waals surface area contributed by atoms with Gasteiger partial charge in [-0.05, 0) is 63.1 Å². The summed E-state index contributed by atoms with van der Waals surface area (Å²) >= 11 is 5.91. The molecule has 0 aliphatic carbocycles. The van der Waals surface area contributed by atoms with E-state index in [1.807, 2.05) is 30.5 Å². The lowest BCUT2D eigenvalue weighted by atomic mass is 10.00. The van der Waals surface area contributed by atoms with Gasteiger partial charge < -0.3 is 9.30 Å². The van der Waals surface area contributed by atoms with Gasteiger partial charge in [-0.1, -0.05) is 18.0 Å². The smallest absolute Gasteiger partial charge is 0.315 e. The van der Waals surface area contributed by atoms with Gasteiger partial charge in [0.1, 0.15) is 0 Å². The van der Waals surface area contributed by atoms with Crippen LogP contribution in [0.25, 0.3) is 0 Å². The third-order valence-electron chi connectivity index (χ3n) is 4.47. The molecule has 0 N–H and O–H groups in total. The molecule has 132 valence electrons. The molecular weight excluding hydrogens is 338 g/mol. The van der Waals surface area contributed by atoms with Gasteiger partial charge in [0.25, 0.3) is 0 Å². The van der Waals surface area contributed by atoms with Crippen molar-refractivity contribution in [3.8, 4) is 0 Å². The van der Waals surface area contributed by atoms with Crippen LogP contribution in [0.5, 0.6) is 0 Å². The van der Waals surface area contributed by atoms with E-state index in [1.54, 1.807) is 24.3 Å². The minimum absolute atomic E-state index is 0.0548. The zero-order valence-corrected chi connectivity index (χ0v) is 15.3. The number of hydrogen-bond acceptors (Lipinski definition) is 3. The van der Waals surface area contributed by atoms with Gasteiger partial charge in [0.15, 0.2) is 0 Å². The van der Waals surface area contributed by atoms with E-state index in [4.69, 9.17) is 16.3 Å². The highest BCUT2D eigenvalue weighted by molar-refractivity contribution is 6.30. The number of ether oxygens (including phenoxy) is 1. The van der Waals surface area contributed by atoms with Crippen LogP contribution in [0.1, 0.15) is 60.8 Å². The van der Waals surface area contributed by atoms with E-state index in [0.29, 0.717) is 16.3 Å². The molecule has 1 aromatic heterocycles. The molecule has 2 heterocycles. The lowest BCUT2D eigenvalue weighted by Gasteiger charge is -2.18. The predicted octanol–water partition coefficient (Wildman–Crippen LogP) is 4.59. The number of carbonyl (C=O) groups is 2. The first kappa shape index (κ1) is 17.7. The Labute approximate surface area is 152 Å². The summed E-state index contributed by atoms with van der Waals surface area (Å²) in [6.45, 7) is 4.44. The van der Waals surface area contributed by atoms with Crippen LogP contribution in [0.2, 0.25) is 5.02 Å². The number of halogens is 1. The van der Waals surface area contributed by atoms with E-state index in [2.05, 4.69) is 0 Å². The van der Waals surface area contributed by atoms with Gasteiger partial charge in [-0.3, -0.25) is 9.59 Å². The number of fused-ring (bicyclic) bond motifs is 1. The first-order valence-corrected chi connectivity index (χ1v) is 9.05. The zero-order chi connectivity index (χ0) is 18.0. The second kappa shape index (κ2) is 7.44. The molecule has 1 aliphatic heterocycles. The molecule has 2 aromatic rings. The summed E-state index contributed by atoms with van der Waals surface area (Å²) in [6, 6.07) is 10.6. The van der Waals surface area contributed by atoms with E-state index in [1.165, 1.54) is 0 Å². The van der Waals surface area contributed by atoms with E-state index < -0.39 is 0 Å². The molecule has 25 heavy (non-hydrogen) atoms. The highest BCUT2D eigenvalue weighted by Crippen LogP contribution is 2.31. The molecule has 0 saturated carbocycles. The van der Waals surface area contributed by atoms with Crippen LogP contribution in [0.15, 0.2) is 36.4 Å². The number of hydrogen-bond donors (Lipinski definition) is 0. The summed E-state index contributed by atoms with van der Waals surface area (Å²) in [7, 11) is 0. The number of rotatable bonds is 4. The fourth-order valence-corrected chi connectivity index (χ4v) is 3.43. The highest BCUT2D eigenvalue weighted by Gasteiger charge is 2.30. The molecule has 1 unspecified atom stereocenters. The summed E-state index contributed by atoms with van der Waals surface area (Å²) < 4.78 is 7.40. The third-order valence-corrected chi connectivity index (χ3v) is 4.72. The van der Waals surface area contributed by atoms with Gasteiger partial charge in [-0.2, -0.15) is 0 Å². The summed E-state index contributed by atoms with van der Waals surface area (Å²) in [5.41, 5.74) is 2.08. The fourth-order valence-electron chi connectivity index (χ4n) is 3.30. The van der Waals surface area contributed by atoms with Gasteiger partial charge in [0.05, 0.1) is 17.7 Å². The monoisotopic (exact) mass is 359 g/mol. The van der Waals surface area contributed by atoms with E-state index >= 15 is 0 Å². The van der Waals surface area contributed by atoms with Crippen LogP contribution in [0, 0.1) is 0 Å². The maximum Gasteiger partial charge on any atom is 0.315 e. The average Bonchev–Trinajstić information content (AvgIpc) is 2.86. The van der Waals surface area contributed by atoms with Crippen molar-refractivity contribution >= 4 is 23.4 Å². The number of nitrogens with zero attached hydrogens (tertiary/aromatic N) is 1. The second-order valence-corrected chi connectivity index (χ2v) is 7.10. The van der Waals surface area contributed by atoms with Crippen LogP contribution in [-0.4, -0.2) is 22.4 Å². The van der Waals surface area contributed by atoms with E-state index in [9.17, 15) is 9.59 Å². The van der Waals surface area contributed by atoms with Gasteiger partial charge >= 0.3 is 5.97 Å². The SMILES string of the molecule is CC(C)OC(=O)C1CCCCn2c(C(=O)c3ccc(Cl)cc3)ccc21. The van der Waals surface area contributed by atoms with Crippen molar-refractivity contribution in [2.45, 2.75) is 51.7 Å². The quantitative estimate of drug-likeness (QED) is 0.592. The molecule has 0 saturated heterocycles. The lowest BCUT2D eigenvalue weighted by molar-refractivity contribution is -0.149. The Morgan fingerprint density at radius 3 is 2.52 bits per heavy atom. The highest BCUT2D eigenvalue weighted by atomic mass is 35.5. The summed E-state index contributed by atoms with van der Waals surface area (Å²) in [5.74, 6) is -0.570. The lowest BCUT2D eigenvalue weighted by Crippen LogP contribution is -2.21. The third kappa shape index (κ3) is 3.79. The van der Waals surface area contributed by atoms with Crippen molar-refractivity contribution in [2.24, 2.45) is 0 Å². The Bertz CT molecular complexity index is 777. The van der Waals surface area contributed by atoms with Crippen LogP contribution < -0.4 is 0 Å². The molecule has 0 spiro atoms. The zero-order valence-electron chi connectivity index (χ0n) is 14.5. The van der Waals surface area contributed by atoms with Crippen molar-refractivity contribution in [2.75, 3.05) is 0 Å². The van der Waals surface area contributed by atoms with E-state index in [-0.39, 0.29) is 23.8 Å².